The highest BCUT2D eigenvalue weighted by atomic mass is 16.4. The van der Waals surface area contributed by atoms with Crippen LogP contribution in [0, 0.1) is 53.3 Å². The molecular weight excluding hydrogens is 1230 g/mol. The van der Waals surface area contributed by atoms with Crippen molar-refractivity contribution in [3.05, 3.63) is 65.7 Å². The Morgan fingerprint density at radius 2 is 0.872 bits per heavy atom. The number of aliphatic hydroxyl groups excluding tert-OH is 1. The lowest BCUT2D eigenvalue weighted by Gasteiger charge is -2.30. The molecule has 0 saturated carbocycles. The molecule has 2 aromatic rings. The lowest BCUT2D eigenvalue weighted by molar-refractivity contribution is -0.149. The molecule has 0 aromatic heterocycles. The quantitative estimate of drug-likeness (QED) is 0.0436. The van der Waals surface area contributed by atoms with Crippen LogP contribution in [-0.2, 0) is 84.8 Å². The number of aliphatic hydroxyl groups is 1. The summed E-state index contributed by atoms with van der Waals surface area (Å²) < 4.78 is 0. The standard InChI is InChI=1S/C67H95N5O22/c1-35(2)23-49(70-66(92)45(33-59(84)85)30-55(78)50(24-36(3)4)69-64(90)43(27-40(9)73)17-21-57(80)81)52(75)26-39(8)63(89)72-61(37(5)6)56(79)31-44(28-41-13-11-10-12-14-41)65(91)71-51(29-42-15-18-47(74)19-16-42)53(76)25-38(7)62(88)68-48(20-22-58(82)83)54(77)32-46(67(93)94)34-60(86)87/h10-16,18-19,35-39,43-46,48-52,61,74-75H,17,20-34H2,1-9H3,(H,68,88)(H,69,90)(H,70,92)(H,71,91)(H,72,89)(H,80,81)(H,82,83)(H,84,85)(H,86,87)(H,93,94)/t38-,39-,43-,44-,45+,46+,48+,49+,50+,51+,52+,61+/m1/s1. The fourth-order valence-corrected chi connectivity index (χ4v) is 10.7. The van der Waals surface area contributed by atoms with E-state index < -0.39 is 224 Å². The number of carboxylic acid groups (broad SMARTS) is 5. The fraction of sp³-hybridized carbons (Fsp3) is 0.597. The van der Waals surface area contributed by atoms with Gasteiger partial charge in [-0.25, -0.2) is 0 Å². The largest absolute Gasteiger partial charge is 0.508 e. The maximum Gasteiger partial charge on any atom is 0.307 e. The molecule has 0 fully saturated rings. The zero-order chi connectivity index (χ0) is 71.3. The van der Waals surface area contributed by atoms with Crippen molar-refractivity contribution < 1.29 is 108 Å². The zero-order valence-corrected chi connectivity index (χ0v) is 54.9. The fourth-order valence-electron chi connectivity index (χ4n) is 10.7. The number of amides is 5. The number of carbonyl (C=O) groups is 15. The van der Waals surface area contributed by atoms with Crippen LogP contribution in [-0.4, -0.2) is 160 Å². The van der Waals surface area contributed by atoms with E-state index in [4.69, 9.17) is 0 Å². The van der Waals surface area contributed by atoms with Crippen LogP contribution in [0.2, 0.25) is 0 Å². The molecule has 0 unspecified atom stereocenters. The number of hydrogen-bond acceptors (Lipinski definition) is 17. The molecule has 27 nitrogen and oxygen atoms in total. The number of rotatable bonds is 47. The highest BCUT2D eigenvalue weighted by Crippen LogP contribution is 2.24. The Balaban J connectivity index is 2.44. The van der Waals surface area contributed by atoms with Gasteiger partial charge in [0, 0.05) is 68.6 Å². The summed E-state index contributed by atoms with van der Waals surface area (Å²) in [5.74, 6) is -23.6. The smallest absolute Gasteiger partial charge is 0.307 e. The molecule has 520 valence electrons. The molecule has 0 saturated heterocycles. The minimum Gasteiger partial charge on any atom is -0.508 e. The lowest BCUT2D eigenvalue weighted by Crippen LogP contribution is -2.51. The van der Waals surface area contributed by atoms with Crippen molar-refractivity contribution in [1.82, 2.24) is 26.6 Å². The van der Waals surface area contributed by atoms with E-state index in [2.05, 4.69) is 26.6 Å². The van der Waals surface area contributed by atoms with Gasteiger partial charge >= 0.3 is 29.8 Å². The highest BCUT2D eigenvalue weighted by Gasteiger charge is 2.38. The Morgan fingerprint density at radius 1 is 0.404 bits per heavy atom. The average Bonchev–Trinajstić information content (AvgIpc) is 1.07. The van der Waals surface area contributed by atoms with Crippen LogP contribution in [0.3, 0.4) is 0 Å². The molecule has 0 spiro atoms. The topological polar surface area (TPSA) is 458 Å². The second-order valence-electron chi connectivity index (χ2n) is 25.7. The van der Waals surface area contributed by atoms with Gasteiger partial charge in [0.05, 0.1) is 61.0 Å². The summed E-state index contributed by atoms with van der Waals surface area (Å²) in [6.45, 7) is 14.4. The van der Waals surface area contributed by atoms with Crippen molar-refractivity contribution >= 4 is 88.3 Å². The molecule has 2 aromatic carbocycles. The van der Waals surface area contributed by atoms with Gasteiger partial charge in [0.25, 0.3) is 0 Å². The number of phenols is 1. The first-order valence-electron chi connectivity index (χ1n) is 31.6. The summed E-state index contributed by atoms with van der Waals surface area (Å²) in [5, 5.41) is 82.2. The van der Waals surface area contributed by atoms with Crippen molar-refractivity contribution in [3.8, 4) is 5.75 Å². The second-order valence-corrected chi connectivity index (χ2v) is 25.7. The van der Waals surface area contributed by atoms with Gasteiger partial charge in [-0.05, 0) is 92.9 Å². The molecule has 0 radical (unpaired) electrons. The third-order valence-electron chi connectivity index (χ3n) is 15.9. The molecule has 2 rings (SSSR count). The van der Waals surface area contributed by atoms with Gasteiger partial charge < -0.3 is 67.1 Å². The number of benzene rings is 2. The summed E-state index contributed by atoms with van der Waals surface area (Å²) in [4.78, 5) is 196. The van der Waals surface area contributed by atoms with Gasteiger partial charge in [-0.1, -0.05) is 97.9 Å². The number of hydrogen-bond donors (Lipinski definition) is 12. The summed E-state index contributed by atoms with van der Waals surface area (Å²) in [7, 11) is 0. The molecule has 12 atom stereocenters. The van der Waals surface area contributed by atoms with Crippen molar-refractivity contribution in [1.29, 1.82) is 0 Å². The minimum absolute atomic E-state index is 0.0521. The van der Waals surface area contributed by atoms with E-state index in [0.717, 1.165) is 0 Å². The van der Waals surface area contributed by atoms with Crippen molar-refractivity contribution in [2.75, 3.05) is 0 Å². The Kier molecular flexibility index (Phi) is 34.9. The van der Waals surface area contributed by atoms with Gasteiger partial charge in [0.1, 0.15) is 11.5 Å². The first kappa shape index (κ1) is 81.3. The number of aliphatic carboxylic acids is 5. The van der Waals surface area contributed by atoms with Crippen LogP contribution in [0.1, 0.15) is 163 Å². The Morgan fingerprint density at radius 3 is 1.40 bits per heavy atom. The molecule has 0 aliphatic carbocycles. The van der Waals surface area contributed by atoms with Crippen molar-refractivity contribution in [3.63, 3.8) is 0 Å². The number of ketones is 5. The number of Topliss-reactive ketones (excluding diaryl/α,β-unsaturated/α-hetero) is 5. The Hall–Kier alpha value is -8.75. The highest BCUT2D eigenvalue weighted by molar-refractivity contribution is 5.98. The van der Waals surface area contributed by atoms with E-state index in [1.807, 2.05) is 0 Å². The minimum atomic E-state index is -1.70. The lowest BCUT2D eigenvalue weighted by atomic mass is 9.87. The van der Waals surface area contributed by atoms with Gasteiger partial charge in [0.15, 0.2) is 23.1 Å². The van der Waals surface area contributed by atoms with Crippen molar-refractivity contribution in [2.24, 2.45) is 53.3 Å². The third-order valence-corrected chi connectivity index (χ3v) is 15.9. The SMILES string of the molecule is CC(=O)C[C@@H](CCC(=O)O)C(=O)N[C@@H](CC(C)C)C(=O)C[C@@H](CC(=O)O)C(=O)N[C@@H](CC(C)C)[C@@H](O)C[C@@H](C)C(=O)N[C@H](C(=O)C[C@@H](Cc1ccccc1)C(=O)N[C@@H](Cc1ccc(O)cc1)C(=O)C[C@@H](C)C(=O)N[C@@H](CCC(=O)O)C(=O)C[C@@H](CC(=O)O)C(=O)O)C(C)C. The first-order valence-corrected chi connectivity index (χ1v) is 31.6. The molecule has 27 heteroatoms. The monoisotopic (exact) mass is 1320 g/mol. The van der Waals surface area contributed by atoms with Crippen LogP contribution < -0.4 is 26.6 Å². The molecule has 0 aliphatic heterocycles. The Labute approximate surface area is 546 Å². The summed E-state index contributed by atoms with van der Waals surface area (Å²) in [6, 6.07) is 7.61. The van der Waals surface area contributed by atoms with Crippen LogP contribution in [0.4, 0.5) is 0 Å². The molecule has 0 bridgehead atoms. The van der Waals surface area contributed by atoms with E-state index in [0.29, 0.717) is 11.1 Å². The Bertz CT molecular complexity index is 2970. The van der Waals surface area contributed by atoms with E-state index in [1.165, 1.54) is 45.0 Å². The molecule has 5 amide bonds. The van der Waals surface area contributed by atoms with Gasteiger partial charge in [0.2, 0.25) is 29.5 Å². The number of aromatic hydroxyl groups is 1. The van der Waals surface area contributed by atoms with E-state index >= 15 is 0 Å². The van der Waals surface area contributed by atoms with Crippen LogP contribution in [0.25, 0.3) is 0 Å². The first-order chi connectivity index (χ1) is 43.9. The second kappa shape index (κ2) is 40.4. The molecule has 12 N–H and O–H groups in total. The predicted molar refractivity (Wildman–Crippen MR) is 338 cm³/mol. The van der Waals surface area contributed by atoms with Gasteiger partial charge in [-0.2, -0.15) is 0 Å². The van der Waals surface area contributed by atoms with E-state index in [1.54, 1.807) is 71.9 Å². The normalized spacial score (nSPS) is 15.2. The van der Waals surface area contributed by atoms with E-state index in [-0.39, 0.29) is 62.5 Å². The predicted octanol–water partition coefficient (Wildman–Crippen LogP) is 4.42. The molecule has 0 heterocycles. The molecular formula is C67H95N5O22. The van der Waals surface area contributed by atoms with Crippen LogP contribution in [0.5, 0.6) is 5.75 Å². The molecule has 94 heavy (non-hydrogen) atoms. The number of phenolic OH excluding ortho intramolecular Hbond substituents is 1. The summed E-state index contributed by atoms with van der Waals surface area (Å²) >= 11 is 0. The number of carboxylic acids is 5. The summed E-state index contributed by atoms with van der Waals surface area (Å²) in [5.41, 5.74) is 1.05. The maximum atomic E-state index is 14.7. The maximum absolute atomic E-state index is 14.7. The van der Waals surface area contributed by atoms with Gasteiger partial charge in [-0.15, -0.1) is 0 Å². The molecule has 0 aliphatic rings. The summed E-state index contributed by atoms with van der Waals surface area (Å²) in [6.07, 6.45) is -8.35. The number of nitrogens with one attached hydrogen (secondary N) is 5. The third kappa shape index (κ3) is 30.8. The van der Waals surface area contributed by atoms with E-state index in [9.17, 15) is 108 Å². The van der Waals surface area contributed by atoms with Gasteiger partial charge in [-0.3, -0.25) is 67.1 Å². The average molecular weight is 1320 g/mol. The zero-order valence-electron chi connectivity index (χ0n) is 54.9. The number of carbonyl (C=O) groups excluding carboxylic acids is 10. The van der Waals surface area contributed by atoms with Crippen LogP contribution in [0.15, 0.2) is 54.6 Å². The van der Waals surface area contributed by atoms with Crippen LogP contribution >= 0.6 is 0 Å². The van der Waals surface area contributed by atoms with Crippen molar-refractivity contribution in [2.45, 2.75) is 201 Å².